The molecule has 24 heavy (non-hydrogen) atoms. The van der Waals surface area contributed by atoms with Gasteiger partial charge in [-0.05, 0) is 51.1 Å². The predicted octanol–water partition coefficient (Wildman–Crippen LogP) is 2.84. The summed E-state index contributed by atoms with van der Waals surface area (Å²) in [5, 5.41) is 5.65. The van der Waals surface area contributed by atoms with Gasteiger partial charge < -0.3 is 0 Å². The molecule has 5 heteroatoms. The lowest BCUT2D eigenvalue weighted by Crippen LogP contribution is -2.39. The summed E-state index contributed by atoms with van der Waals surface area (Å²) in [7, 11) is 4.12. The van der Waals surface area contributed by atoms with Gasteiger partial charge in [0.2, 0.25) is 0 Å². The lowest BCUT2D eigenvalue weighted by Gasteiger charge is -2.32. The van der Waals surface area contributed by atoms with Crippen molar-refractivity contribution in [3.05, 3.63) is 27.7 Å². The van der Waals surface area contributed by atoms with E-state index in [1.54, 1.807) is 0 Å². The lowest BCUT2D eigenvalue weighted by molar-refractivity contribution is 0.153. The molecule has 0 aliphatic heterocycles. The van der Waals surface area contributed by atoms with E-state index in [1.165, 1.54) is 49.5 Å². The van der Waals surface area contributed by atoms with Gasteiger partial charge >= 0.3 is 0 Å². The fourth-order valence-electron chi connectivity index (χ4n) is 4.65. The maximum atomic E-state index is 13.2. The summed E-state index contributed by atoms with van der Waals surface area (Å²) >= 11 is 0. The molecule has 1 fully saturated rings. The predicted molar refractivity (Wildman–Crippen MR) is 96.3 cm³/mol. The van der Waals surface area contributed by atoms with E-state index >= 15 is 0 Å². The molecule has 4 rings (SSSR count). The van der Waals surface area contributed by atoms with Crippen LogP contribution in [0.1, 0.15) is 56.1 Å². The van der Waals surface area contributed by atoms with Crippen LogP contribution in [0.3, 0.4) is 0 Å². The number of hydrogen-bond donors (Lipinski definition) is 0. The molecule has 2 aliphatic carbocycles. The zero-order valence-electron chi connectivity index (χ0n) is 14.9. The minimum atomic E-state index is 0.212. The van der Waals surface area contributed by atoms with Gasteiger partial charge in [0.05, 0.1) is 12.9 Å². The largest absolute Gasteiger partial charge is 0.286 e. The highest BCUT2D eigenvalue weighted by Gasteiger charge is 2.24. The van der Waals surface area contributed by atoms with Crippen molar-refractivity contribution in [2.45, 2.75) is 70.5 Å². The fourth-order valence-corrected chi connectivity index (χ4v) is 4.65. The van der Waals surface area contributed by atoms with Gasteiger partial charge in [0, 0.05) is 24.0 Å². The van der Waals surface area contributed by atoms with E-state index < -0.39 is 0 Å². The Hall–Kier alpha value is -1.62. The van der Waals surface area contributed by atoms with E-state index in [4.69, 9.17) is 0 Å². The molecular weight excluding hydrogens is 300 g/mol. The first kappa shape index (κ1) is 15.9. The van der Waals surface area contributed by atoms with Crippen molar-refractivity contribution in [1.29, 1.82) is 0 Å². The quantitative estimate of drug-likeness (QED) is 0.870. The van der Waals surface area contributed by atoms with E-state index in [0.717, 1.165) is 30.5 Å². The topological polar surface area (TPSA) is 43.1 Å². The smallest absolute Gasteiger partial charge is 0.256 e. The Morgan fingerprint density at radius 3 is 2.58 bits per heavy atom. The maximum Gasteiger partial charge on any atom is 0.256 e. The van der Waals surface area contributed by atoms with E-state index in [1.807, 2.05) is 22.5 Å². The van der Waals surface area contributed by atoms with Crippen LogP contribution >= 0.6 is 0 Å². The van der Waals surface area contributed by atoms with Crippen LogP contribution in [-0.4, -0.2) is 32.3 Å². The number of nitrogens with zero attached hydrogens (tertiary/aromatic N) is 4. The first-order chi connectivity index (χ1) is 11.7. The Labute approximate surface area is 143 Å². The Kier molecular flexibility index (Phi) is 4.21. The van der Waals surface area contributed by atoms with Crippen molar-refractivity contribution in [1.82, 2.24) is 19.2 Å². The van der Waals surface area contributed by atoms with E-state index in [-0.39, 0.29) is 5.56 Å². The molecule has 0 atom stereocenters. The van der Waals surface area contributed by atoms with Crippen LogP contribution in [0.15, 0.2) is 11.0 Å². The Bertz CT molecular complexity index is 798. The molecule has 0 N–H and O–H groups in total. The van der Waals surface area contributed by atoms with Gasteiger partial charge in [0.25, 0.3) is 5.56 Å². The van der Waals surface area contributed by atoms with Crippen LogP contribution < -0.4 is 5.56 Å². The summed E-state index contributed by atoms with van der Waals surface area (Å²) in [6.45, 7) is 0.673. The zero-order valence-corrected chi connectivity index (χ0v) is 14.9. The Morgan fingerprint density at radius 1 is 1.12 bits per heavy atom. The molecule has 1 saturated carbocycles. The molecule has 130 valence electrons. The third-order valence-corrected chi connectivity index (χ3v) is 6.02. The van der Waals surface area contributed by atoms with E-state index in [0.29, 0.717) is 12.7 Å². The van der Waals surface area contributed by atoms with Gasteiger partial charge in [-0.1, -0.05) is 19.3 Å². The molecule has 0 spiro atoms. The summed E-state index contributed by atoms with van der Waals surface area (Å²) in [4.78, 5) is 15.6. The minimum absolute atomic E-state index is 0.212. The minimum Gasteiger partial charge on any atom is -0.286 e. The second kappa shape index (κ2) is 6.36. The Balaban J connectivity index is 1.78. The lowest BCUT2D eigenvalue weighted by atomic mass is 9.91. The maximum absolute atomic E-state index is 13.2. The number of hydrogen-bond acceptors (Lipinski definition) is 3. The molecule has 0 aromatic carbocycles. The monoisotopic (exact) mass is 328 g/mol. The first-order valence-corrected chi connectivity index (χ1v) is 9.43. The molecule has 0 saturated heterocycles. The average molecular weight is 328 g/mol. The molecule has 0 bridgehead atoms. The highest BCUT2D eigenvalue weighted by molar-refractivity contribution is 5.80. The summed E-state index contributed by atoms with van der Waals surface area (Å²) in [5.74, 6) is 0. The zero-order chi connectivity index (χ0) is 16.7. The molecule has 2 aliphatic rings. The van der Waals surface area contributed by atoms with Crippen molar-refractivity contribution in [2.75, 3.05) is 7.05 Å². The van der Waals surface area contributed by atoms with Crippen molar-refractivity contribution < 1.29 is 0 Å². The van der Waals surface area contributed by atoms with E-state index in [2.05, 4.69) is 17.0 Å². The van der Waals surface area contributed by atoms with Crippen LogP contribution in [0.4, 0.5) is 0 Å². The van der Waals surface area contributed by atoms with Gasteiger partial charge in [-0.2, -0.15) is 5.10 Å². The summed E-state index contributed by atoms with van der Waals surface area (Å²) in [5.41, 5.74) is 3.50. The number of fused-ring (bicyclic) bond motifs is 3. The summed E-state index contributed by atoms with van der Waals surface area (Å²) in [6, 6.07) is 0.602. The average Bonchev–Trinajstić information content (AvgIpc) is 3.01. The first-order valence-electron chi connectivity index (χ1n) is 9.43. The van der Waals surface area contributed by atoms with Gasteiger partial charge in [-0.15, -0.1) is 0 Å². The number of aryl methyl sites for hydroxylation is 2. The van der Waals surface area contributed by atoms with Crippen molar-refractivity contribution in [3.63, 3.8) is 0 Å². The van der Waals surface area contributed by atoms with Gasteiger partial charge in [0.15, 0.2) is 0 Å². The van der Waals surface area contributed by atoms with Crippen LogP contribution in [0, 0.1) is 0 Å². The molecule has 2 aromatic heterocycles. The van der Waals surface area contributed by atoms with E-state index in [9.17, 15) is 4.79 Å². The van der Waals surface area contributed by atoms with Crippen LogP contribution in [0.5, 0.6) is 0 Å². The summed E-state index contributed by atoms with van der Waals surface area (Å²) in [6.07, 6.45) is 12.7. The van der Waals surface area contributed by atoms with Crippen LogP contribution in [-0.2, 0) is 26.6 Å². The van der Waals surface area contributed by atoms with Crippen molar-refractivity contribution in [2.24, 2.45) is 7.05 Å². The third-order valence-electron chi connectivity index (χ3n) is 6.02. The fraction of sp³-hybridized carbons (Fsp3) is 0.684. The Morgan fingerprint density at radius 2 is 1.83 bits per heavy atom. The number of aromatic nitrogens is 3. The highest BCUT2D eigenvalue weighted by atomic mass is 16.1. The van der Waals surface area contributed by atoms with Gasteiger partial charge in [-0.25, -0.2) is 0 Å². The summed E-state index contributed by atoms with van der Waals surface area (Å²) < 4.78 is 3.85. The van der Waals surface area contributed by atoms with Crippen molar-refractivity contribution >= 4 is 11.0 Å². The number of pyridine rings is 1. The molecule has 5 nitrogen and oxygen atoms in total. The normalized spacial score (nSPS) is 19.1. The van der Waals surface area contributed by atoms with Gasteiger partial charge in [-0.3, -0.25) is 18.9 Å². The molecule has 0 unspecified atom stereocenters. The molecule has 2 aromatic rings. The second-order valence-corrected chi connectivity index (χ2v) is 7.59. The highest BCUT2D eigenvalue weighted by Crippen LogP contribution is 2.27. The second-order valence-electron chi connectivity index (χ2n) is 7.59. The number of rotatable bonds is 3. The molecule has 0 radical (unpaired) electrons. The van der Waals surface area contributed by atoms with Crippen LogP contribution in [0.2, 0.25) is 0 Å². The third kappa shape index (κ3) is 2.59. The molecular formula is C19H28N4O. The standard InChI is InChI=1S/C19H28N4O/c1-21(14-8-4-3-5-9-14)13-23-18-17(12-20-22(18)2)15-10-6-7-11-16(15)19(23)24/h12,14H,3-11,13H2,1-2H3. The van der Waals surface area contributed by atoms with Crippen LogP contribution in [0.25, 0.3) is 11.0 Å². The molecule has 0 amide bonds. The van der Waals surface area contributed by atoms with Gasteiger partial charge in [0.1, 0.15) is 5.65 Å². The SMILES string of the molecule is CN(Cn1c(=O)c2c(c3cnn(C)c31)CCCC2)C1CCCCC1. The van der Waals surface area contributed by atoms with Crippen molar-refractivity contribution in [3.8, 4) is 0 Å². The molecule has 2 heterocycles.